The van der Waals surface area contributed by atoms with Gasteiger partial charge in [0, 0.05) is 33.3 Å². The van der Waals surface area contributed by atoms with Crippen molar-refractivity contribution in [3.05, 3.63) is 30.5 Å². The summed E-state index contributed by atoms with van der Waals surface area (Å²) in [7, 11) is -0.166. The third-order valence-corrected chi connectivity index (χ3v) is 4.24. The van der Waals surface area contributed by atoms with E-state index in [1.165, 1.54) is 12.3 Å². The Morgan fingerprint density at radius 2 is 2.20 bits per heavy atom. The Morgan fingerprint density at radius 1 is 1.40 bits per heavy atom. The molecule has 0 amide bonds. The number of pyridine rings is 1. The van der Waals surface area contributed by atoms with Gasteiger partial charge < -0.3 is 9.88 Å². The molecule has 0 bridgehead atoms. The summed E-state index contributed by atoms with van der Waals surface area (Å²) < 4.78 is 28.7. The minimum atomic E-state index is -3.60. The van der Waals surface area contributed by atoms with E-state index < -0.39 is 10.0 Å². The highest BCUT2D eigenvalue weighted by Gasteiger charge is 2.18. The Kier molecular flexibility index (Phi) is 4.30. The molecular weight excluding hydrogens is 280 g/mol. The van der Waals surface area contributed by atoms with Crippen molar-refractivity contribution in [2.24, 2.45) is 7.05 Å². The predicted molar refractivity (Wildman–Crippen MR) is 73.7 cm³/mol. The molecule has 0 aliphatic heterocycles. The zero-order valence-corrected chi connectivity index (χ0v) is 12.1. The minimum Gasteiger partial charge on any atom is -0.372 e. The fraction of sp³-hybridized carbons (Fsp3) is 0.364. The first-order valence-corrected chi connectivity index (χ1v) is 7.48. The molecule has 0 aromatic carbocycles. The molecule has 2 N–H and O–H groups in total. The van der Waals surface area contributed by atoms with Gasteiger partial charge in [0.05, 0.1) is 0 Å². The van der Waals surface area contributed by atoms with E-state index in [2.05, 4.69) is 25.2 Å². The molecule has 0 atom stereocenters. The maximum atomic E-state index is 12.2. The second-order valence-corrected chi connectivity index (χ2v) is 5.84. The van der Waals surface area contributed by atoms with E-state index in [4.69, 9.17) is 0 Å². The summed E-state index contributed by atoms with van der Waals surface area (Å²) in [5.41, 5.74) is 0. The highest BCUT2D eigenvalue weighted by Crippen LogP contribution is 2.16. The normalized spacial score (nSPS) is 11.5. The Hall–Kier alpha value is -2.00. The maximum absolute atomic E-state index is 12.2. The molecule has 0 aliphatic carbocycles. The summed E-state index contributed by atoms with van der Waals surface area (Å²) in [5, 5.41) is 10.4. The van der Waals surface area contributed by atoms with E-state index in [1.807, 2.05) is 7.05 Å². The van der Waals surface area contributed by atoms with Gasteiger partial charge in [-0.05, 0) is 12.1 Å². The quantitative estimate of drug-likeness (QED) is 0.763. The summed E-state index contributed by atoms with van der Waals surface area (Å²) in [6.07, 6.45) is 3.57. The molecule has 8 nitrogen and oxygen atoms in total. The van der Waals surface area contributed by atoms with Gasteiger partial charge in [-0.2, -0.15) is 0 Å². The van der Waals surface area contributed by atoms with E-state index >= 15 is 0 Å². The molecule has 0 radical (unpaired) electrons. The van der Waals surface area contributed by atoms with Crippen LogP contribution in [-0.2, 0) is 23.5 Å². The van der Waals surface area contributed by atoms with Crippen LogP contribution < -0.4 is 10.0 Å². The molecule has 0 fully saturated rings. The predicted octanol–water partition coefficient (Wildman–Crippen LogP) is -0.227. The van der Waals surface area contributed by atoms with Gasteiger partial charge in [-0.15, -0.1) is 10.2 Å². The molecule has 0 spiro atoms. The highest BCUT2D eigenvalue weighted by atomic mass is 32.2. The van der Waals surface area contributed by atoms with E-state index in [9.17, 15) is 8.42 Å². The van der Waals surface area contributed by atoms with Gasteiger partial charge >= 0.3 is 0 Å². The number of anilines is 1. The van der Waals surface area contributed by atoms with Crippen LogP contribution in [-0.4, -0.2) is 41.8 Å². The zero-order chi connectivity index (χ0) is 14.6. The van der Waals surface area contributed by atoms with E-state index in [1.54, 1.807) is 24.0 Å². The second kappa shape index (κ2) is 5.97. The first-order chi connectivity index (χ1) is 9.54. The Balaban J connectivity index is 2.06. The molecule has 108 valence electrons. The van der Waals surface area contributed by atoms with Crippen LogP contribution in [0.5, 0.6) is 0 Å². The molecule has 0 aliphatic rings. The fourth-order valence-corrected chi connectivity index (χ4v) is 2.90. The number of aromatic nitrogens is 4. The van der Waals surface area contributed by atoms with Crippen molar-refractivity contribution in [1.29, 1.82) is 0 Å². The van der Waals surface area contributed by atoms with Crippen LogP contribution in [0.15, 0.2) is 29.6 Å². The molecule has 2 aromatic heterocycles. The van der Waals surface area contributed by atoms with Crippen LogP contribution in [0.1, 0.15) is 5.82 Å². The third kappa shape index (κ3) is 3.11. The highest BCUT2D eigenvalue weighted by molar-refractivity contribution is 7.89. The summed E-state index contributed by atoms with van der Waals surface area (Å²) in [4.78, 5) is 4.10. The van der Waals surface area contributed by atoms with Gasteiger partial charge in [-0.25, -0.2) is 18.1 Å². The molecule has 2 heterocycles. The molecule has 0 saturated carbocycles. The zero-order valence-electron chi connectivity index (χ0n) is 11.2. The average molecular weight is 296 g/mol. The lowest BCUT2D eigenvalue weighted by molar-refractivity contribution is 0.580. The minimum absolute atomic E-state index is 0.125. The van der Waals surface area contributed by atoms with Crippen molar-refractivity contribution in [3.8, 4) is 0 Å². The Labute approximate surface area is 117 Å². The van der Waals surface area contributed by atoms with Gasteiger partial charge in [0.1, 0.15) is 22.9 Å². The van der Waals surface area contributed by atoms with Crippen LogP contribution in [0.25, 0.3) is 0 Å². The SMILES string of the molecule is CNc1ncccc1S(=O)(=O)NCCc1nncn1C. The smallest absolute Gasteiger partial charge is 0.244 e. The van der Waals surface area contributed by atoms with Crippen molar-refractivity contribution in [2.75, 3.05) is 18.9 Å². The van der Waals surface area contributed by atoms with Crippen LogP contribution >= 0.6 is 0 Å². The van der Waals surface area contributed by atoms with E-state index in [-0.39, 0.29) is 11.4 Å². The lowest BCUT2D eigenvalue weighted by Crippen LogP contribution is -2.27. The lowest BCUT2D eigenvalue weighted by Gasteiger charge is -2.09. The number of sulfonamides is 1. The third-order valence-electron chi connectivity index (χ3n) is 2.74. The van der Waals surface area contributed by atoms with Crippen molar-refractivity contribution in [3.63, 3.8) is 0 Å². The summed E-state index contributed by atoms with van der Waals surface area (Å²) in [6, 6.07) is 3.08. The number of nitrogens with one attached hydrogen (secondary N) is 2. The second-order valence-electron chi connectivity index (χ2n) is 4.11. The molecule has 0 saturated heterocycles. The first kappa shape index (κ1) is 14.4. The molecule has 9 heteroatoms. The largest absolute Gasteiger partial charge is 0.372 e. The monoisotopic (exact) mass is 296 g/mol. The van der Waals surface area contributed by atoms with Gasteiger partial charge in [0.25, 0.3) is 0 Å². The van der Waals surface area contributed by atoms with Crippen molar-refractivity contribution >= 4 is 15.8 Å². The molecule has 0 unspecified atom stereocenters. The van der Waals surface area contributed by atoms with E-state index in [0.29, 0.717) is 18.1 Å². The molecule has 20 heavy (non-hydrogen) atoms. The van der Waals surface area contributed by atoms with Gasteiger partial charge in [-0.3, -0.25) is 0 Å². The van der Waals surface area contributed by atoms with Crippen molar-refractivity contribution < 1.29 is 8.42 Å². The summed E-state index contributed by atoms with van der Waals surface area (Å²) in [6.45, 7) is 0.243. The van der Waals surface area contributed by atoms with E-state index in [0.717, 1.165) is 0 Å². The number of hydrogen-bond acceptors (Lipinski definition) is 6. The number of rotatable bonds is 6. The maximum Gasteiger partial charge on any atom is 0.244 e. The fourth-order valence-electron chi connectivity index (χ4n) is 1.70. The molecule has 2 rings (SSSR count). The number of hydrogen-bond donors (Lipinski definition) is 2. The number of aryl methyl sites for hydroxylation is 1. The average Bonchev–Trinajstić information content (AvgIpc) is 2.84. The number of nitrogens with zero attached hydrogens (tertiary/aromatic N) is 4. The van der Waals surface area contributed by atoms with Crippen LogP contribution in [0.3, 0.4) is 0 Å². The summed E-state index contributed by atoms with van der Waals surface area (Å²) in [5.74, 6) is 1.03. The lowest BCUT2D eigenvalue weighted by atomic mass is 10.4. The first-order valence-electron chi connectivity index (χ1n) is 6.00. The molecule has 2 aromatic rings. The van der Waals surface area contributed by atoms with Crippen molar-refractivity contribution in [2.45, 2.75) is 11.3 Å². The Morgan fingerprint density at radius 3 is 2.85 bits per heavy atom. The van der Waals surface area contributed by atoms with Crippen molar-refractivity contribution in [1.82, 2.24) is 24.5 Å². The summed E-state index contributed by atoms with van der Waals surface area (Å²) >= 11 is 0. The topological polar surface area (TPSA) is 102 Å². The van der Waals surface area contributed by atoms with Crippen LogP contribution in [0.2, 0.25) is 0 Å². The van der Waals surface area contributed by atoms with Crippen LogP contribution in [0, 0.1) is 0 Å². The van der Waals surface area contributed by atoms with Gasteiger partial charge in [-0.1, -0.05) is 0 Å². The Bertz CT molecular complexity index is 682. The standard InChI is InChI=1S/C11H16N6O2S/c1-12-11-9(4-3-6-13-11)20(18,19)15-7-5-10-16-14-8-17(10)2/h3-4,6,8,15H,5,7H2,1-2H3,(H,12,13). The van der Waals surface area contributed by atoms with Gasteiger partial charge in [0.2, 0.25) is 10.0 Å². The van der Waals surface area contributed by atoms with Crippen LogP contribution in [0.4, 0.5) is 5.82 Å². The molecular formula is C11H16N6O2S. The van der Waals surface area contributed by atoms with Gasteiger partial charge in [0.15, 0.2) is 0 Å².